The molecule has 0 unspecified atom stereocenters. The highest BCUT2D eigenvalue weighted by atomic mass is 16.3. The smallest absolute Gasteiger partial charge is 0.119 e. The molecule has 0 amide bonds. The van der Waals surface area contributed by atoms with Crippen molar-refractivity contribution in [3.05, 3.63) is 83.0 Å². The van der Waals surface area contributed by atoms with Crippen LogP contribution in [0.2, 0.25) is 0 Å². The van der Waals surface area contributed by atoms with E-state index >= 15 is 0 Å². The fourth-order valence-corrected chi connectivity index (χ4v) is 3.05. The van der Waals surface area contributed by atoms with E-state index in [-0.39, 0.29) is 5.41 Å². The van der Waals surface area contributed by atoms with Gasteiger partial charge in [0.1, 0.15) is 11.5 Å². The van der Waals surface area contributed by atoms with Crippen LogP contribution in [0.3, 0.4) is 0 Å². The fourth-order valence-electron chi connectivity index (χ4n) is 3.05. The van der Waals surface area contributed by atoms with Crippen LogP contribution in [0.1, 0.15) is 49.9 Å². The summed E-state index contributed by atoms with van der Waals surface area (Å²) < 4.78 is 0. The van der Waals surface area contributed by atoms with Crippen LogP contribution in [0.5, 0.6) is 11.5 Å². The first-order valence-electron chi connectivity index (χ1n) is 8.54. The first-order valence-corrected chi connectivity index (χ1v) is 8.54. The van der Waals surface area contributed by atoms with Crippen molar-refractivity contribution in [2.45, 2.75) is 46.0 Å². The van der Waals surface area contributed by atoms with E-state index in [4.69, 9.17) is 0 Å². The Balaban J connectivity index is 2.48. The Morgan fingerprint density at radius 1 is 0.800 bits per heavy atom. The second-order valence-electron chi connectivity index (χ2n) is 7.58. The van der Waals surface area contributed by atoms with Gasteiger partial charge < -0.3 is 10.2 Å². The predicted octanol–water partition coefficient (Wildman–Crippen LogP) is 5.66. The summed E-state index contributed by atoms with van der Waals surface area (Å²) >= 11 is 0. The van der Waals surface area contributed by atoms with Crippen molar-refractivity contribution in [3.8, 4) is 11.5 Å². The third kappa shape index (κ3) is 4.33. The molecule has 0 saturated heterocycles. The summed E-state index contributed by atoms with van der Waals surface area (Å²) in [5, 5.41) is 20.2. The first kappa shape index (κ1) is 18.9. The van der Waals surface area contributed by atoms with Crippen LogP contribution in [0.4, 0.5) is 0 Å². The third-order valence-corrected chi connectivity index (χ3v) is 4.59. The Morgan fingerprint density at radius 2 is 1.16 bits per heavy atom. The lowest BCUT2D eigenvalue weighted by atomic mass is 9.76. The van der Waals surface area contributed by atoms with Crippen molar-refractivity contribution in [3.63, 3.8) is 0 Å². The lowest BCUT2D eigenvalue weighted by Gasteiger charge is -2.28. The summed E-state index contributed by atoms with van der Waals surface area (Å²) in [6.45, 7) is 16.1. The van der Waals surface area contributed by atoms with E-state index in [1.54, 1.807) is 12.1 Å². The maximum Gasteiger partial charge on any atom is 0.119 e. The largest absolute Gasteiger partial charge is 0.508 e. The van der Waals surface area contributed by atoms with Crippen molar-refractivity contribution < 1.29 is 10.2 Å². The van der Waals surface area contributed by atoms with E-state index in [1.165, 1.54) is 0 Å². The molecule has 0 radical (unpaired) electrons. The molecule has 2 rings (SSSR count). The average molecular weight is 336 g/mol. The zero-order valence-corrected chi connectivity index (χ0v) is 15.7. The minimum Gasteiger partial charge on any atom is -0.508 e. The molecule has 0 aliphatic rings. The lowest BCUT2D eigenvalue weighted by Crippen LogP contribution is -2.19. The van der Waals surface area contributed by atoms with Gasteiger partial charge in [-0.2, -0.15) is 0 Å². The number of allylic oxidation sites excluding steroid dienone is 2. The molecule has 132 valence electrons. The Hall–Kier alpha value is -2.48. The molecule has 2 N–H and O–H groups in total. The Labute approximate surface area is 151 Å². The fraction of sp³-hybridized carbons (Fsp3) is 0.304. The van der Waals surface area contributed by atoms with E-state index in [9.17, 15) is 10.2 Å². The van der Waals surface area contributed by atoms with Gasteiger partial charge in [0.15, 0.2) is 0 Å². The Bertz CT molecular complexity index is 745. The van der Waals surface area contributed by atoms with Crippen LogP contribution >= 0.6 is 0 Å². The Kier molecular flexibility index (Phi) is 5.42. The molecular weight excluding hydrogens is 308 g/mol. The number of benzene rings is 2. The van der Waals surface area contributed by atoms with Crippen molar-refractivity contribution in [1.29, 1.82) is 0 Å². The highest BCUT2D eigenvalue weighted by Crippen LogP contribution is 2.36. The van der Waals surface area contributed by atoms with Crippen LogP contribution in [-0.4, -0.2) is 10.2 Å². The van der Waals surface area contributed by atoms with Gasteiger partial charge in [-0.05, 0) is 61.1 Å². The zero-order valence-electron chi connectivity index (χ0n) is 15.7. The van der Waals surface area contributed by atoms with E-state index in [0.29, 0.717) is 24.3 Å². The van der Waals surface area contributed by atoms with Crippen LogP contribution in [0.25, 0.3) is 0 Å². The summed E-state index contributed by atoms with van der Waals surface area (Å²) in [6.07, 6.45) is 1.32. The van der Waals surface area contributed by atoms with Gasteiger partial charge in [0.05, 0.1) is 0 Å². The second kappa shape index (κ2) is 7.18. The standard InChI is InChI=1S/C23H28O2/c1-15(2)11-17-13-19(7-9-21(17)24)23(5,6)20-8-10-22(25)18(14-20)12-16(3)4/h7-10,13-14,24-25H,1,3,11-12H2,2,4-6H3. The molecule has 0 aromatic heterocycles. The molecule has 2 aromatic carbocycles. The topological polar surface area (TPSA) is 40.5 Å². The first-order chi connectivity index (χ1) is 11.6. The third-order valence-electron chi connectivity index (χ3n) is 4.59. The van der Waals surface area contributed by atoms with Crippen LogP contribution < -0.4 is 0 Å². The van der Waals surface area contributed by atoms with E-state index in [0.717, 1.165) is 33.4 Å². The number of rotatable bonds is 6. The highest BCUT2D eigenvalue weighted by Gasteiger charge is 2.25. The van der Waals surface area contributed by atoms with Crippen LogP contribution in [0, 0.1) is 0 Å². The van der Waals surface area contributed by atoms with Gasteiger partial charge in [-0.25, -0.2) is 0 Å². The van der Waals surface area contributed by atoms with Gasteiger partial charge in [-0.1, -0.05) is 62.4 Å². The summed E-state index contributed by atoms with van der Waals surface area (Å²) in [4.78, 5) is 0. The zero-order chi connectivity index (χ0) is 18.8. The normalized spacial score (nSPS) is 11.4. The number of phenols is 2. The minimum absolute atomic E-state index is 0.255. The van der Waals surface area contributed by atoms with E-state index in [1.807, 2.05) is 26.0 Å². The number of aromatic hydroxyl groups is 2. The summed E-state index contributed by atoms with van der Waals surface area (Å²) in [5.74, 6) is 0.604. The van der Waals surface area contributed by atoms with Gasteiger partial charge in [-0.3, -0.25) is 0 Å². The van der Waals surface area contributed by atoms with Gasteiger partial charge in [0.25, 0.3) is 0 Å². The molecule has 25 heavy (non-hydrogen) atoms. The Morgan fingerprint density at radius 3 is 1.48 bits per heavy atom. The molecule has 0 fully saturated rings. The molecular formula is C23H28O2. The molecule has 0 bridgehead atoms. The predicted molar refractivity (Wildman–Crippen MR) is 105 cm³/mol. The molecule has 2 nitrogen and oxygen atoms in total. The maximum absolute atomic E-state index is 10.1. The number of phenolic OH excluding ortho intramolecular Hbond substituents is 2. The average Bonchev–Trinajstić information content (AvgIpc) is 2.50. The van der Waals surface area contributed by atoms with Crippen molar-refractivity contribution in [2.75, 3.05) is 0 Å². The molecule has 0 heterocycles. The summed E-state index contributed by atoms with van der Waals surface area (Å²) in [5.41, 5.74) is 5.78. The molecule has 0 spiro atoms. The summed E-state index contributed by atoms with van der Waals surface area (Å²) in [6, 6.07) is 11.5. The van der Waals surface area contributed by atoms with Crippen molar-refractivity contribution in [2.24, 2.45) is 0 Å². The number of hydrogen-bond donors (Lipinski definition) is 2. The lowest BCUT2D eigenvalue weighted by molar-refractivity contribution is 0.467. The van der Waals surface area contributed by atoms with Crippen molar-refractivity contribution in [1.82, 2.24) is 0 Å². The molecule has 2 aromatic rings. The van der Waals surface area contributed by atoms with Crippen LogP contribution in [-0.2, 0) is 18.3 Å². The second-order valence-corrected chi connectivity index (χ2v) is 7.58. The molecule has 0 atom stereocenters. The van der Waals surface area contributed by atoms with Gasteiger partial charge in [-0.15, -0.1) is 0 Å². The summed E-state index contributed by atoms with van der Waals surface area (Å²) in [7, 11) is 0. The molecule has 0 aliphatic heterocycles. The van der Waals surface area contributed by atoms with E-state index < -0.39 is 0 Å². The minimum atomic E-state index is -0.255. The van der Waals surface area contributed by atoms with Gasteiger partial charge >= 0.3 is 0 Å². The van der Waals surface area contributed by atoms with Crippen molar-refractivity contribution >= 4 is 0 Å². The monoisotopic (exact) mass is 336 g/mol. The molecule has 0 saturated carbocycles. The maximum atomic E-state index is 10.1. The highest BCUT2D eigenvalue weighted by molar-refractivity contribution is 5.48. The molecule has 2 heteroatoms. The van der Waals surface area contributed by atoms with Gasteiger partial charge in [0.2, 0.25) is 0 Å². The van der Waals surface area contributed by atoms with Crippen LogP contribution in [0.15, 0.2) is 60.7 Å². The van der Waals surface area contributed by atoms with E-state index in [2.05, 4.69) is 39.1 Å². The quantitative estimate of drug-likeness (QED) is 0.668. The molecule has 0 aliphatic carbocycles. The van der Waals surface area contributed by atoms with Gasteiger partial charge in [0, 0.05) is 5.41 Å². The number of hydrogen-bond acceptors (Lipinski definition) is 2. The SMILES string of the molecule is C=C(C)Cc1cc(C(C)(C)c2ccc(O)c(CC(=C)C)c2)ccc1O.